The van der Waals surface area contributed by atoms with Crippen molar-refractivity contribution in [2.45, 2.75) is 43.3 Å². The molecule has 6 rings (SSSR count). The van der Waals surface area contributed by atoms with Gasteiger partial charge in [-0.15, -0.1) is 21.5 Å². The lowest BCUT2D eigenvalue weighted by molar-refractivity contribution is 0.656. The maximum absolute atomic E-state index is 13.7. The predicted molar refractivity (Wildman–Crippen MR) is 137 cm³/mol. The molecule has 1 aliphatic carbocycles. The lowest BCUT2D eigenvalue weighted by atomic mass is 10.2. The first-order valence-corrected chi connectivity index (χ1v) is 13.1. The molecule has 0 saturated heterocycles. The third-order valence-corrected chi connectivity index (χ3v) is 8.15. The first kappa shape index (κ1) is 21.3. The fraction of sp³-hybridized carbons (Fsp3) is 0.231. The van der Waals surface area contributed by atoms with E-state index in [-0.39, 0.29) is 5.56 Å². The summed E-state index contributed by atoms with van der Waals surface area (Å²) in [4.78, 5) is 19.7. The average Bonchev–Trinajstić information content (AvgIpc) is 3.49. The molecule has 0 spiro atoms. The van der Waals surface area contributed by atoms with Crippen LogP contribution >= 0.6 is 23.1 Å². The molecule has 3 heterocycles. The quantitative estimate of drug-likeness (QED) is 0.219. The van der Waals surface area contributed by atoms with Crippen molar-refractivity contribution in [1.82, 2.24) is 24.3 Å². The van der Waals surface area contributed by atoms with Crippen molar-refractivity contribution < 1.29 is 0 Å². The van der Waals surface area contributed by atoms with Gasteiger partial charge in [-0.3, -0.25) is 9.36 Å². The van der Waals surface area contributed by atoms with Crippen LogP contribution in [0.2, 0.25) is 0 Å². The topological polar surface area (TPSA) is 65.6 Å². The van der Waals surface area contributed by atoms with E-state index in [1.54, 1.807) is 16.3 Å². The summed E-state index contributed by atoms with van der Waals surface area (Å²) in [5.41, 5.74) is 2.93. The number of aromatic nitrogens is 5. The number of hydrogen-bond donors (Lipinski definition) is 0. The zero-order valence-electron chi connectivity index (χ0n) is 18.7. The van der Waals surface area contributed by atoms with Crippen LogP contribution in [-0.2, 0) is 12.3 Å². The maximum atomic E-state index is 13.7. The highest BCUT2D eigenvalue weighted by molar-refractivity contribution is 7.98. The van der Waals surface area contributed by atoms with Gasteiger partial charge in [-0.2, -0.15) is 0 Å². The zero-order chi connectivity index (χ0) is 23.1. The summed E-state index contributed by atoms with van der Waals surface area (Å²) in [6.07, 6.45) is 2.35. The van der Waals surface area contributed by atoms with Crippen molar-refractivity contribution >= 4 is 33.3 Å². The van der Waals surface area contributed by atoms with Crippen LogP contribution in [0.4, 0.5) is 0 Å². The summed E-state index contributed by atoms with van der Waals surface area (Å²) >= 11 is 3.07. The number of nitrogens with zero attached hydrogens (tertiary/aromatic N) is 5. The van der Waals surface area contributed by atoms with Gasteiger partial charge in [-0.25, -0.2) is 4.98 Å². The Kier molecular flexibility index (Phi) is 5.55. The van der Waals surface area contributed by atoms with E-state index >= 15 is 0 Å². The third-order valence-electron chi connectivity index (χ3n) is 6.02. The van der Waals surface area contributed by atoms with Gasteiger partial charge in [0, 0.05) is 10.9 Å². The average molecular weight is 486 g/mol. The van der Waals surface area contributed by atoms with Crippen LogP contribution in [-0.4, -0.2) is 24.3 Å². The molecule has 3 aromatic heterocycles. The molecular formula is C26H23N5OS2. The second kappa shape index (κ2) is 8.85. The molecular weight excluding hydrogens is 462 g/mol. The molecule has 6 nitrogen and oxygen atoms in total. The highest BCUT2D eigenvalue weighted by Crippen LogP contribution is 2.38. The fourth-order valence-electron chi connectivity index (χ4n) is 4.20. The molecule has 8 heteroatoms. The second-order valence-corrected chi connectivity index (χ2v) is 10.5. The number of fused-ring (bicyclic) bond motifs is 1. The summed E-state index contributed by atoms with van der Waals surface area (Å²) in [5.74, 6) is 2.52. The van der Waals surface area contributed by atoms with E-state index in [1.807, 2.05) is 61.5 Å². The summed E-state index contributed by atoms with van der Waals surface area (Å²) in [6, 6.07) is 22.8. The molecule has 170 valence electrons. The SMILES string of the molecule is Cc1nnc(CSc2nc3cc(-c4ccccc4)sc3c(=O)n2Cc2ccccc2)n1C1CC1. The minimum atomic E-state index is 0.00312. The first-order chi connectivity index (χ1) is 16.7. The van der Waals surface area contributed by atoms with Crippen LogP contribution in [0.25, 0.3) is 20.7 Å². The van der Waals surface area contributed by atoms with Crippen LogP contribution in [0.15, 0.2) is 76.7 Å². The number of aryl methyl sites for hydroxylation is 1. The number of thiophene rings is 1. The number of thioether (sulfide) groups is 1. The molecule has 0 unspecified atom stereocenters. The monoisotopic (exact) mass is 485 g/mol. The van der Waals surface area contributed by atoms with Crippen molar-refractivity contribution in [1.29, 1.82) is 0 Å². The summed E-state index contributed by atoms with van der Waals surface area (Å²) in [5, 5.41) is 9.42. The summed E-state index contributed by atoms with van der Waals surface area (Å²) in [6.45, 7) is 2.49. The van der Waals surface area contributed by atoms with Crippen LogP contribution in [0, 0.1) is 6.92 Å². The molecule has 1 aliphatic rings. The summed E-state index contributed by atoms with van der Waals surface area (Å²) < 4.78 is 4.73. The standard InChI is InChI=1S/C26H23N5OS2/c1-17-28-29-23(31(17)20-12-13-20)16-33-26-27-21-14-22(19-10-6-3-7-11-19)34-24(21)25(32)30(26)15-18-8-4-2-5-9-18/h2-11,14,20H,12-13,15-16H2,1H3. The van der Waals surface area contributed by atoms with Crippen molar-refractivity contribution in [2.75, 3.05) is 0 Å². The first-order valence-electron chi connectivity index (χ1n) is 11.3. The van der Waals surface area contributed by atoms with Gasteiger partial charge in [0.2, 0.25) is 0 Å². The van der Waals surface area contributed by atoms with Crippen molar-refractivity contribution in [3.63, 3.8) is 0 Å². The van der Waals surface area contributed by atoms with Crippen LogP contribution in [0.1, 0.15) is 36.1 Å². The van der Waals surface area contributed by atoms with Gasteiger partial charge in [0.15, 0.2) is 5.16 Å². The Bertz CT molecular complexity index is 1520. The lowest BCUT2D eigenvalue weighted by Crippen LogP contribution is -2.23. The molecule has 0 N–H and O–H groups in total. The van der Waals surface area contributed by atoms with Gasteiger partial charge < -0.3 is 4.57 Å². The van der Waals surface area contributed by atoms with Gasteiger partial charge in [0.1, 0.15) is 16.3 Å². The van der Waals surface area contributed by atoms with Gasteiger partial charge in [0.05, 0.1) is 17.8 Å². The fourth-order valence-corrected chi connectivity index (χ4v) is 6.17. The van der Waals surface area contributed by atoms with Crippen LogP contribution < -0.4 is 5.56 Å². The van der Waals surface area contributed by atoms with Crippen molar-refractivity contribution in [2.24, 2.45) is 0 Å². The molecule has 0 aliphatic heterocycles. The molecule has 1 saturated carbocycles. The van der Waals surface area contributed by atoms with E-state index < -0.39 is 0 Å². The van der Waals surface area contributed by atoms with Crippen molar-refractivity contribution in [3.05, 3.63) is 94.3 Å². The highest BCUT2D eigenvalue weighted by Gasteiger charge is 2.28. The second-order valence-electron chi connectivity index (χ2n) is 8.52. The predicted octanol–water partition coefficient (Wildman–Crippen LogP) is 5.70. The Balaban J connectivity index is 1.41. The smallest absolute Gasteiger partial charge is 0.272 e. The lowest BCUT2D eigenvalue weighted by Gasteiger charge is -2.12. The van der Waals surface area contributed by atoms with E-state index in [0.717, 1.165) is 33.2 Å². The minimum Gasteiger partial charge on any atom is -0.311 e. The molecule has 0 bridgehead atoms. The van der Waals surface area contributed by atoms with Crippen LogP contribution in [0.5, 0.6) is 0 Å². The Morgan fingerprint density at radius 2 is 1.76 bits per heavy atom. The van der Waals surface area contributed by atoms with Gasteiger partial charge >= 0.3 is 0 Å². The van der Waals surface area contributed by atoms with E-state index in [0.29, 0.717) is 28.2 Å². The van der Waals surface area contributed by atoms with Gasteiger partial charge in [-0.1, -0.05) is 72.4 Å². The van der Waals surface area contributed by atoms with Crippen LogP contribution in [0.3, 0.4) is 0 Å². The van der Waals surface area contributed by atoms with Gasteiger partial charge in [-0.05, 0) is 37.0 Å². The van der Waals surface area contributed by atoms with E-state index in [9.17, 15) is 4.79 Å². The maximum Gasteiger partial charge on any atom is 0.272 e. The Labute approximate surface area is 205 Å². The third kappa shape index (κ3) is 4.08. The molecule has 2 aromatic carbocycles. The molecule has 0 radical (unpaired) electrons. The minimum absolute atomic E-state index is 0.00312. The zero-order valence-corrected chi connectivity index (χ0v) is 20.4. The van der Waals surface area contributed by atoms with Crippen molar-refractivity contribution in [3.8, 4) is 10.4 Å². The van der Waals surface area contributed by atoms with Gasteiger partial charge in [0.25, 0.3) is 5.56 Å². The van der Waals surface area contributed by atoms with E-state index in [2.05, 4.69) is 26.9 Å². The van der Waals surface area contributed by atoms with E-state index in [1.165, 1.54) is 24.2 Å². The van der Waals surface area contributed by atoms with E-state index in [4.69, 9.17) is 4.98 Å². The molecule has 5 aromatic rings. The molecule has 34 heavy (non-hydrogen) atoms. The summed E-state index contributed by atoms with van der Waals surface area (Å²) in [7, 11) is 0. The Morgan fingerprint density at radius 3 is 2.50 bits per heavy atom. The normalized spacial score (nSPS) is 13.6. The number of rotatable bonds is 7. The molecule has 0 amide bonds. The number of hydrogen-bond acceptors (Lipinski definition) is 6. The number of benzene rings is 2. The largest absolute Gasteiger partial charge is 0.311 e. The highest BCUT2D eigenvalue weighted by atomic mass is 32.2. The Hall–Kier alpha value is -3.23. The molecule has 1 fully saturated rings. The Morgan fingerprint density at radius 1 is 1.03 bits per heavy atom. The molecule has 0 atom stereocenters.